The lowest BCUT2D eigenvalue weighted by Crippen LogP contribution is -2.18. The van der Waals surface area contributed by atoms with Crippen LogP contribution in [0.1, 0.15) is 22.8 Å². The van der Waals surface area contributed by atoms with Crippen LogP contribution in [0.25, 0.3) is 6.08 Å². The van der Waals surface area contributed by atoms with Crippen molar-refractivity contribution in [3.05, 3.63) is 84.2 Å². The molecule has 0 atom stereocenters. The fourth-order valence-electron chi connectivity index (χ4n) is 1.66. The predicted octanol–water partition coefficient (Wildman–Crippen LogP) is 3.46. The van der Waals surface area contributed by atoms with E-state index in [0.717, 1.165) is 5.56 Å². The van der Waals surface area contributed by atoms with Crippen molar-refractivity contribution < 1.29 is 4.79 Å². The molecular weight excluding hydrogens is 274 g/mol. The summed E-state index contributed by atoms with van der Waals surface area (Å²) in [5.74, 6) is -0.277. The first-order valence-corrected chi connectivity index (χ1v) is 6.90. The van der Waals surface area contributed by atoms with E-state index in [2.05, 4.69) is 15.5 Å². The standard InChI is InChI=1S/C18H17N3O/c1-15(8-5-6-11-16-9-3-2-4-10-16)20-21-18(22)17-12-7-13-19-14-17/h2-14H,1H3,(H,21,22)/b8-5-,11-6+,20-15-. The molecule has 0 aliphatic rings. The van der Waals surface area contributed by atoms with Crippen molar-refractivity contribution in [1.29, 1.82) is 0 Å². The third-order valence-electron chi connectivity index (χ3n) is 2.79. The summed E-state index contributed by atoms with van der Waals surface area (Å²) in [5, 5.41) is 4.01. The summed E-state index contributed by atoms with van der Waals surface area (Å²) in [6.07, 6.45) is 10.7. The first kappa shape index (κ1) is 15.4. The number of benzene rings is 1. The summed E-state index contributed by atoms with van der Waals surface area (Å²) in [6, 6.07) is 13.4. The van der Waals surface area contributed by atoms with Crippen LogP contribution in [0.15, 0.2) is 78.2 Å². The molecule has 0 aliphatic carbocycles. The fraction of sp³-hybridized carbons (Fsp3) is 0.0556. The molecule has 4 heteroatoms. The Morgan fingerprint density at radius 2 is 1.95 bits per heavy atom. The number of hydrazone groups is 1. The van der Waals surface area contributed by atoms with Crippen LogP contribution in [-0.2, 0) is 0 Å². The number of hydrogen-bond acceptors (Lipinski definition) is 3. The van der Waals surface area contributed by atoms with Crippen LogP contribution in [0.4, 0.5) is 0 Å². The lowest BCUT2D eigenvalue weighted by molar-refractivity contribution is 0.0954. The van der Waals surface area contributed by atoms with Gasteiger partial charge in [-0.2, -0.15) is 5.10 Å². The lowest BCUT2D eigenvalue weighted by Gasteiger charge is -1.99. The van der Waals surface area contributed by atoms with Crippen LogP contribution in [-0.4, -0.2) is 16.6 Å². The maximum Gasteiger partial charge on any atom is 0.272 e. The van der Waals surface area contributed by atoms with E-state index >= 15 is 0 Å². The Morgan fingerprint density at radius 3 is 2.68 bits per heavy atom. The van der Waals surface area contributed by atoms with Gasteiger partial charge in [-0.3, -0.25) is 9.78 Å². The first-order chi connectivity index (χ1) is 10.8. The second-order valence-corrected chi connectivity index (χ2v) is 4.56. The van der Waals surface area contributed by atoms with Crippen LogP contribution in [0.3, 0.4) is 0 Å². The van der Waals surface area contributed by atoms with Gasteiger partial charge in [-0.25, -0.2) is 5.43 Å². The molecule has 0 radical (unpaired) electrons. The molecule has 0 spiro atoms. The minimum atomic E-state index is -0.277. The van der Waals surface area contributed by atoms with E-state index in [0.29, 0.717) is 11.3 Å². The summed E-state index contributed by atoms with van der Waals surface area (Å²) >= 11 is 0. The number of pyridine rings is 1. The Labute approximate surface area is 129 Å². The van der Waals surface area contributed by atoms with Crippen LogP contribution in [0.5, 0.6) is 0 Å². The Kier molecular flexibility index (Phi) is 5.81. The Morgan fingerprint density at radius 1 is 1.14 bits per heavy atom. The molecule has 110 valence electrons. The largest absolute Gasteiger partial charge is 0.272 e. The maximum atomic E-state index is 11.8. The fourth-order valence-corrected chi connectivity index (χ4v) is 1.66. The second-order valence-electron chi connectivity index (χ2n) is 4.56. The van der Waals surface area contributed by atoms with Crippen molar-refractivity contribution in [2.24, 2.45) is 5.10 Å². The summed E-state index contributed by atoms with van der Waals surface area (Å²) in [4.78, 5) is 15.7. The van der Waals surface area contributed by atoms with Gasteiger partial charge in [-0.15, -0.1) is 0 Å². The van der Waals surface area contributed by atoms with E-state index in [1.807, 2.05) is 61.6 Å². The van der Waals surface area contributed by atoms with Crippen LogP contribution >= 0.6 is 0 Å². The normalized spacial score (nSPS) is 12.0. The smallest absolute Gasteiger partial charge is 0.267 e. The van der Waals surface area contributed by atoms with Gasteiger partial charge in [0, 0.05) is 12.4 Å². The topological polar surface area (TPSA) is 54.4 Å². The highest BCUT2D eigenvalue weighted by Gasteiger charge is 2.02. The maximum absolute atomic E-state index is 11.8. The van der Waals surface area contributed by atoms with Crippen molar-refractivity contribution in [1.82, 2.24) is 10.4 Å². The molecule has 1 heterocycles. The van der Waals surface area contributed by atoms with Gasteiger partial charge >= 0.3 is 0 Å². The molecule has 0 fully saturated rings. The highest BCUT2D eigenvalue weighted by atomic mass is 16.2. The molecule has 0 saturated carbocycles. The number of allylic oxidation sites excluding steroid dienone is 3. The van der Waals surface area contributed by atoms with E-state index in [4.69, 9.17) is 0 Å². The molecule has 1 aromatic carbocycles. The molecule has 22 heavy (non-hydrogen) atoms. The minimum Gasteiger partial charge on any atom is -0.267 e. The van der Waals surface area contributed by atoms with Crippen LogP contribution in [0, 0.1) is 0 Å². The van der Waals surface area contributed by atoms with E-state index < -0.39 is 0 Å². The number of hydrogen-bond donors (Lipinski definition) is 1. The molecule has 0 aliphatic heterocycles. The molecule has 2 rings (SSSR count). The highest BCUT2D eigenvalue weighted by Crippen LogP contribution is 2.00. The number of aromatic nitrogens is 1. The predicted molar refractivity (Wildman–Crippen MR) is 89.4 cm³/mol. The van der Waals surface area contributed by atoms with E-state index in [-0.39, 0.29) is 5.91 Å². The van der Waals surface area contributed by atoms with Gasteiger partial charge < -0.3 is 0 Å². The third kappa shape index (κ3) is 5.17. The first-order valence-electron chi connectivity index (χ1n) is 6.90. The highest BCUT2D eigenvalue weighted by molar-refractivity contribution is 5.97. The van der Waals surface area contributed by atoms with Crippen molar-refractivity contribution in [2.75, 3.05) is 0 Å². The zero-order chi connectivity index (χ0) is 15.6. The van der Waals surface area contributed by atoms with Gasteiger partial charge in [-0.05, 0) is 30.7 Å². The number of nitrogens with zero attached hydrogens (tertiary/aromatic N) is 2. The van der Waals surface area contributed by atoms with Crippen molar-refractivity contribution in [2.45, 2.75) is 6.92 Å². The third-order valence-corrected chi connectivity index (χ3v) is 2.79. The Balaban J connectivity index is 1.86. The Hall–Kier alpha value is -3.01. The van der Waals surface area contributed by atoms with Crippen molar-refractivity contribution in [3.8, 4) is 0 Å². The molecule has 1 N–H and O–H groups in total. The zero-order valence-corrected chi connectivity index (χ0v) is 12.3. The van der Waals surface area contributed by atoms with E-state index in [9.17, 15) is 4.79 Å². The lowest BCUT2D eigenvalue weighted by atomic mass is 10.2. The van der Waals surface area contributed by atoms with Gasteiger partial charge in [0.2, 0.25) is 0 Å². The average molecular weight is 291 g/mol. The van der Waals surface area contributed by atoms with E-state index in [1.54, 1.807) is 18.3 Å². The molecule has 0 unspecified atom stereocenters. The SMILES string of the molecule is CC(/C=C\C=C\c1ccccc1)=N/NC(=O)c1cccnc1. The molecular formula is C18H17N3O. The van der Waals surface area contributed by atoms with Gasteiger partial charge in [-0.1, -0.05) is 48.6 Å². The van der Waals surface area contributed by atoms with Gasteiger partial charge in [0.25, 0.3) is 5.91 Å². The van der Waals surface area contributed by atoms with Crippen LogP contribution in [0.2, 0.25) is 0 Å². The summed E-state index contributed by atoms with van der Waals surface area (Å²) in [5.41, 5.74) is 4.80. The van der Waals surface area contributed by atoms with Crippen molar-refractivity contribution >= 4 is 17.7 Å². The summed E-state index contributed by atoms with van der Waals surface area (Å²) in [6.45, 7) is 1.82. The second kappa shape index (κ2) is 8.32. The summed E-state index contributed by atoms with van der Waals surface area (Å²) < 4.78 is 0. The number of nitrogens with one attached hydrogen (secondary N) is 1. The molecule has 2 aromatic rings. The number of carbonyl (C=O) groups is 1. The van der Waals surface area contributed by atoms with Gasteiger partial charge in [0.05, 0.1) is 11.3 Å². The van der Waals surface area contributed by atoms with Gasteiger partial charge in [0.15, 0.2) is 0 Å². The van der Waals surface area contributed by atoms with Crippen LogP contribution < -0.4 is 5.43 Å². The molecule has 1 amide bonds. The molecule has 1 aromatic heterocycles. The summed E-state index contributed by atoms with van der Waals surface area (Å²) in [7, 11) is 0. The average Bonchev–Trinajstić information content (AvgIpc) is 2.58. The quantitative estimate of drug-likeness (QED) is 0.521. The number of amides is 1. The number of carbonyl (C=O) groups excluding carboxylic acids is 1. The monoisotopic (exact) mass is 291 g/mol. The zero-order valence-electron chi connectivity index (χ0n) is 12.3. The minimum absolute atomic E-state index is 0.277. The Bertz CT molecular complexity index is 689. The van der Waals surface area contributed by atoms with E-state index in [1.165, 1.54) is 6.20 Å². The van der Waals surface area contributed by atoms with Crippen molar-refractivity contribution in [3.63, 3.8) is 0 Å². The molecule has 0 bridgehead atoms. The van der Waals surface area contributed by atoms with Gasteiger partial charge in [0.1, 0.15) is 0 Å². The molecule has 0 saturated heterocycles. The number of rotatable bonds is 5. The molecule has 4 nitrogen and oxygen atoms in total.